The number of carbonyl (C=O) groups is 1. The second-order valence-electron chi connectivity index (χ2n) is 6.56. The fourth-order valence-corrected chi connectivity index (χ4v) is 3.23. The highest BCUT2D eigenvalue weighted by Crippen LogP contribution is 2.22. The van der Waals surface area contributed by atoms with Crippen molar-refractivity contribution >= 4 is 5.91 Å². The summed E-state index contributed by atoms with van der Waals surface area (Å²) >= 11 is 0. The van der Waals surface area contributed by atoms with E-state index < -0.39 is 0 Å². The maximum absolute atomic E-state index is 14.0. The molecule has 1 N–H and O–H groups in total. The van der Waals surface area contributed by atoms with E-state index >= 15 is 0 Å². The molecule has 0 radical (unpaired) electrons. The van der Waals surface area contributed by atoms with E-state index in [-0.39, 0.29) is 11.7 Å². The molecule has 1 amide bonds. The Hall–Kier alpha value is -2.14. The molecule has 1 unspecified atom stereocenters. The number of amides is 1. The SMILES string of the molecule is Cc1ccc(CN2CCC(CNC(=O)c3ccco3)C2)c(C)c1F. The first kappa shape index (κ1) is 16.7. The Labute approximate surface area is 141 Å². The van der Waals surface area contributed by atoms with Crippen LogP contribution in [0.5, 0.6) is 0 Å². The summed E-state index contributed by atoms with van der Waals surface area (Å²) < 4.78 is 19.1. The third-order valence-corrected chi connectivity index (χ3v) is 4.75. The van der Waals surface area contributed by atoms with Gasteiger partial charge in [-0.3, -0.25) is 9.69 Å². The number of hydrogen-bond acceptors (Lipinski definition) is 3. The Kier molecular flexibility index (Phi) is 5.00. The van der Waals surface area contributed by atoms with Crippen molar-refractivity contribution in [2.75, 3.05) is 19.6 Å². The molecule has 1 fully saturated rings. The van der Waals surface area contributed by atoms with E-state index in [1.165, 1.54) is 6.26 Å². The number of likely N-dealkylation sites (tertiary alicyclic amines) is 1. The normalized spacial score (nSPS) is 18.0. The molecular formula is C19H23FN2O2. The number of rotatable bonds is 5. The van der Waals surface area contributed by atoms with Crippen LogP contribution in [-0.2, 0) is 6.54 Å². The van der Waals surface area contributed by atoms with Gasteiger partial charge in [-0.05, 0) is 61.6 Å². The van der Waals surface area contributed by atoms with Crippen LogP contribution in [-0.4, -0.2) is 30.4 Å². The van der Waals surface area contributed by atoms with E-state index in [0.717, 1.165) is 37.2 Å². The fraction of sp³-hybridized carbons (Fsp3) is 0.421. The van der Waals surface area contributed by atoms with Crippen LogP contribution in [0.25, 0.3) is 0 Å². The quantitative estimate of drug-likeness (QED) is 0.915. The van der Waals surface area contributed by atoms with Crippen LogP contribution in [0.4, 0.5) is 4.39 Å². The van der Waals surface area contributed by atoms with Gasteiger partial charge in [0.25, 0.3) is 5.91 Å². The lowest BCUT2D eigenvalue weighted by Gasteiger charge is -2.18. The molecule has 0 saturated carbocycles. The highest BCUT2D eigenvalue weighted by atomic mass is 19.1. The molecule has 1 aromatic carbocycles. The smallest absolute Gasteiger partial charge is 0.286 e. The number of nitrogens with one attached hydrogen (secondary N) is 1. The van der Waals surface area contributed by atoms with Gasteiger partial charge in [0.05, 0.1) is 6.26 Å². The molecule has 0 spiro atoms. The minimum absolute atomic E-state index is 0.103. The van der Waals surface area contributed by atoms with E-state index in [9.17, 15) is 9.18 Å². The lowest BCUT2D eigenvalue weighted by molar-refractivity contribution is 0.0919. The summed E-state index contributed by atoms with van der Waals surface area (Å²) in [4.78, 5) is 14.2. The van der Waals surface area contributed by atoms with Crippen LogP contribution in [0.3, 0.4) is 0 Å². The zero-order valence-corrected chi connectivity index (χ0v) is 14.1. The second-order valence-corrected chi connectivity index (χ2v) is 6.56. The van der Waals surface area contributed by atoms with E-state index in [2.05, 4.69) is 10.2 Å². The number of furan rings is 1. The van der Waals surface area contributed by atoms with Gasteiger partial charge < -0.3 is 9.73 Å². The summed E-state index contributed by atoms with van der Waals surface area (Å²) in [7, 11) is 0. The van der Waals surface area contributed by atoms with Crippen molar-refractivity contribution in [3.8, 4) is 0 Å². The Balaban J connectivity index is 1.51. The average Bonchev–Trinajstić information content (AvgIpc) is 3.25. The summed E-state index contributed by atoms with van der Waals surface area (Å²) in [6, 6.07) is 7.22. The lowest BCUT2D eigenvalue weighted by atomic mass is 10.0. The van der Waals surface area contributed by atoms with Crippen molar-refractivity contribution < 1.29 is 13.6 Å². The maximum Gasteiger partial charge on any atom is 0.286 e. The molecule has 0 bridgehead atoms. The Morgan fingerprint density at radius 2 is 2.21 bits per heavy atom. The summed E-state index contributed by atoms with van der Waals surface area (Å²) in [5, 5.41) is 2.92. The molecule has 0 aliphatic carbocycles. The molecule has 128 valence electrons. The zero-order valence-electron chi connectivity index (χ0n) is 14.1. The van der Waals surface area contributed by atoms with Crippen molar-refractivity contribution in [3.63, 3.8) is 0 Å². The van der Waals surface area contributed by atoms with Gasteiger partial charge in [0, 0.05) is 19.6 Å². The van der Waals surface area contributed by atoms with Gasteiger partial charge in [-0.15, -0.1) is 0 Å². The fourth-order valence-electron chi connectivity index (χ4n) is 3.23. The lowest BCUT2D eigenvalue weighted by Crippen LogP contribution is -2.30. The molecule has 1 atom stereocenters. The highest BCUT2D eigenvalue weighted by Gasteiger charge is 2.24. The molecule has 2 aromatic rings. The van der Waals surface area contributed by atoms with Crippen LogP contribution < -0.4 is 5.32 Å². The predicted molar refractivity (Wildman–Crippen MR) is 90.3 cm³/mol. The monoisotopic (exact) mass is 330 g/mol. The van der Waals surface area contributed by atoms with Crippen LogP contribution in [0, 0.1) is 25.6 Å². The van der Waals surface area contributed by atoms with Gasteiger partial charge in [-0.2, -0.15) is 0 Å². The van der Waals surface area contributed by atoms with Crippen molar-refractivity contribution in [2.45, 2.75) is 26.8 Å². The minimum Gasteiger partial charge on any atom is -0.459 e. The maximum atomic E-state index is 14.0. The van der Waals surface area contributed by atoms with Crippen LogP contribution in [0.1, 0.15) is 33.7 Å². The summed E-state index contributed by atoms with van der Waals surface area (Å²) in [6.07, 6.45) is 2.53. The van der Waals surface area contributed by atoms with Crippen molar-refractivity contribution in [1.29, 1.82) is 0 Å². The van der Waals surface area contributed by atoms with Gasteiger partial charge in [-0.1, -0.05) is 12.1 Å². The second kappa shape index (κ2) is 7.18. The Bertz CT molecular complexity index is 712. The molecule has 1 aromatic heterocycles. The molecule has 2 heterocycles. The van der Waals surface area contributed by atoms with Crippen molar-refractivity contribution in [1.82, 2.24) is 10.2 Å². The Morgan fingerprint density at radius 3 is 2.96 bits per heavy atom. The highest BCUT2D eigenvalue weighted by molar-refractivity contribution is 5.91. The van der Waals surface area contributed by atoms with E-state index in [4.69, 9.17) is 4.42 Å². The summed E-state index contributed by atoms with van der Waals surface area (Å²) in [5.74, 6) is 0.485. The van der Waals surface area contributed by atoms with Crippen LogP contribution in [0.15, 0.2) is 34.9 Å². The first-order valence-corrected chi connectivity index (χ1v) is 8.33. The summed E-state index contributed by atoms with van der Waals surface area (Å²) in [6.45, 7) is 6.90. The van der Waals surface area contributed by atoms with Crippen molar-refractivity contribution in [3.05, 3.63) is 58.8 Å². The third kappa shape index (κ3) is 3.67. The number of halogens is 1. The van der Waals surface area contributed by atoms with Crippen molar-refractivity contribution in [2.24, 2.45) is 5.92 Å². The third-order valence-electron chi connectivity index (χ3n) is 4.75. The largest absolute Gasteiger partial charge is 0.459 e. The van der Waals surface area contributed by atoms with Gasteiger partial charge in [0.2, 0.25) is 0 Å². The summed E-state index contributed by atoms with van der Waals surface area (Å²) in [5.41, 5.74) is 2.47. The molecule has 5 heteroatoms. The zero-order chi connectivity index (χ0) is 17.1. The first-order valence-electron chi connectivity index (χ1n) is 8.33. The number of benzene rings is 1. The van der Waals surface area contributed by atoms with E-state index in [1.54, 1.807) is 19.1 Å². The number of hydrogen-bond donors (Lipinski definition) is 1. The van der Waals surface area contributed by atoms with Crippen LogP contribution >= 0.6 is 0 Å². The number of aryl methyl sites for hydroxylation is 1. The van der Waals surface area contributed by atoms with E-state index in [0.29, 0.717) is 23.8 Å². The first-order chi connectivity index (χ1) is 11.5. The van der Waals surface area contributed by atoms with Gasteiger partial charge in [0.1, 0.15) is 5.82 Å². The molecule has 1 saturated heterocycles. The van der Waals surface area contributed by atoms with Gasteiger partial charge in [0.15, 0.2) is 5.76 Å². The molecular weight excluding hydrogens is 307 g/mol. The topological polar surface area (TPSA) is 45.5 Å². The molecule has 4 nitrogen and oxygen atoms in total. The average molecular weight is 330 g/mol. The molecule has 3 rings (SSSR count). The predicted octanol–water partition coefficient (Wildman–Crippen LogP) is 3.29. The molecule has 24 heavy (non-hydrogen) atoms. The standard InChI is InChI=1S/C19H23FN2O2/c1-13-5-6-16(14(2)18(13)20)12-22-8-7-15(11-22)10-21-19(23)17-4-3-9-24-17/h3-6,9,15H,7-8,10-12H2,1-2H3,(H,21,23). The van der Waals surface area contributed by atoms with E-state index in [1.807, 2.05) is 19.1 Å². The van der Waals surface area contributed by atoms with Gasteiger partial charge >= 0.3 is 0 Å². The van der Waals surface area contributed by atoms with Gasteiger partial charge in [-0.25, -0.2) is 4.39 Å². The molecule has 1 aliphatic rings. The Morgan fingerprint density at radius 1 is 1.38 bits per heavy atom. The number of nitrogens with zero attached hydrogens (tertiary/aromatic N) is 1. The molecule has 1 aliphatic heterocycles. The minimum atomic E-state index is -0.171. The van der Waals surface area contributed by atoms with Crippen LogP contribution in [0.2, 0.25) is 0 Å². The number of carbonyl (C=O) groups excluding carboxylic acids is 1.